The molecule has 1 fully saturated rings. The molecule has 1 unspecified atom stereocenters. The van der Waals surface area contributed by atoms with E-state index in [0.29, 0.717) is 6.04 Å². The number of aromatic nitrogens is 2. The summed E-state index contributed by atoms with van der Waals surface area (Å²) in [6.45, 7) is 4.10. The molecule has 0 radical (unpaired) electrons. The van der Waals surface area contributed by atoms with Crippen molar-refractivity contribution >= 4 is 10.8 Å². The van der Waals surface area contributed by atoms with Crippen molar-refractivity contribution in [3.8, 4) is 0 Å². The van der Waals surface area contributed by atoms with Gasteiger partial charge in [-0.25, -0.2) is 0 Å². The lowest BCUT2D eigenvalue weighted by atomic mass is 10.1. The molecule has 0 aromatic carbocycles. The molecule has 17 heavy (non-hydrogen) atoms. The molecule has 94 valence electrons. The standard InChI is InChI=1S/C12H19N3OS/c1-9-12(14-6-5-13-9)10(2)15-11-3-7-17(16)8-4-11/h5-6,10-11,15H,3-4,7-8H2,1-2H3. The lowest BCUT2D eigenvalue weighted by Gasteiger charge is -2.26. The van der Waals surface area contributed by atoms with Crippen LogP contribution in [0.5, 0.6) is 0 Å². The molecule has 0 bridgehead atoms. The van der Waals surface area contributed by atoms with Crippen molar-refractivity contribution in [1.82, 2.24) is 15.3 Å². The number of hydrogen-bond donors (Lipinski definition) is 1. The quantitative estimate of drug-likeness (QED) is 0.883. The van der Waals surface area contributed by atoms with Gasteiger partial charge in [0.15, 0.2) is 0 Å². The molecule has 4 nitrogen and oxygen atoms in total. The Morgan fingerprint density at radius 1 is 1.35 bits per heavy atom. The Labute approximate surface area is 105 Å². The van der Waals surface area contributed by atoms with Gasteiger partial charge in [0, 0.05) is 46.8 Å². The molecule has 1 aromatic rings. The largest absolute Gasteiger partial charge is 0.306 e. The summed E-state index contributed by atoms with van der Waals surface area (Å²) in [5.41, 5.74) is 1.99. The molecule has 2 rings (SSSR count). The van der Waals surface area contributed by atoms with E-state index >= 15 is 0 Å². The number of rotatable bonds is 3. The number of nitrogens with one attached hydrogen (secondary N) is 1. The van der Waals surface area contributed by atoms with Crippen molar-refractivity contribution in [3.63, 3.8) is 0 Å². The molecule has 1 aliphatic heterocycles. The topological polar surface area (TPSA) is 54.9 Å². The molecule has 1 aromatic heterocycles. The Morgan fingerprint density at radius 2 is 2.00 bits per heavy atom. The van der Waals surface area contributed by atoms with Crippen LogP contribution in [0.3, 0.4) is 0 Å². The van der Waals surface area contributed by atoms with Gasteiger partial charge < -0.3 is 5.32 Å². The minimum absolute atomic E-state index is 0.209. The Kier molecular flexibility index (Phi) is 4.23. The van der Waals surface area contributed by atoms with Gasteiger partial charge in [0.2, 0.25) is 0 Å². The van der Waals surface area contributed by atoms with Gasteiger partial charge in [-0.15, -0.1) is 0 Å². The van der Waals surface area contributed by atoms with E-state index in [1.807, 2.05) is 6.92 Å². The lowest BCUT2D eigenvalue weighted by molar-refractivity contribution is 0.420. The van der Waals surface area contributed by atoms with E-state index in [9.17, 15) is 4.21 Å². The number of hydrogen-bond acceptors (Lipinski definition) is 4. The van der Waals surface area contributed by atoms with Gasteiger partial charge in [0.1, 0.15) is 0 Å². The minimum Gasteiger partial charge on any atom is -0.306 e. The molecule has 1 saturated heterocycles. The zero-order valence-corrected chi connectivity index (χ0v) is 11.2. The average molecular weight is 253 g/mol. The Hall–Kier alpha value is -0.810. The van der Waals surface area contributed by atoms with Crippen LogP contribution in [0.1, 0.15) is 37.2 Å². The molecule has 0 saturated carbocycles. The lowest BCUT2D eigenvalue weighted by Crippen LogP contribution is -2.37. The molecular formula is C12H19N3OS. The number of aryl methyl sites for hydroxylation is 1. The van der Waals surface area contributed by atoms with Crippen LogP contribution in [0, 0.1) is 6.92 Å². The van der Waals surface area contributed by atoms with Gasteiger partial charge in [-0.2, -0.15) is 0 Å². The highest BCUT2D eigenvalue weighted by Gasteiger charge is 2.20. The van der Waals surface area contributed by atoms with Crippen molar-refractivity contribution in [2.45, 2.75) is 38.8 Å². The van der Waals surface area contributed by atoms with Gasteiger partial charge >= 0.3 is 0 Å². The van der Waals surface area contributed by atoms with Crippen LogP contribution in [0.2, 0.25) is 0 Å². The fraction of sp³-hybridized carbons (Fsp3) is 0.667. The van der Waals surface area contributed by atoms with Crippen molar-refractivity contribution in [3.05, 3.63) is 23.8 Å². The first kappa shape index (κ1) is 12.6. The molecule has 1 atom stereocenters. The zero-order chi connectivity index (χ0) is 12.3. The third kappa shape index (κ3) is 3.33. The van der Waals surface area contributed by atoms with Crippen molar-refractivity contribution < 1.29 is 4.21 Å². The number of nitrogens with zero attached hydrogens (tertiary/aromatic N) is 2. The van der Waals surface area contributed by atoms with E-state index in [1.54, 1.807) is 12.4 Å². The van der Waals surface area contributed by atoms with E-state index in [0.717, 1.165) is 35.7 Å². The maximum atomic E-state index is 11.3. The Morgan fingerprint density at radius 3 is 2.65 bits per heavy atom. The summed E-state index contributed by atoms with van der Waals surface area (Å²) in [6, 6.07) is 0.671. The highest BCUT2D eigenvalue weighted by Crippen LogP contribution is 2.16. The summed E-state index contributed by atoms with van der Waals surface area (Å²) in [4.78, 5) is 8.63. The van der Waals surface area contributed by atoms with Crippen molar-refractivity contribution in [1.29, 1.82) is 0 Å². The monoisotopic (exact) mass is 253 g/mol. The SMILES string of the molecule is Cc1nccnc1C(C)NC1CCS(=O)CC1. The summed E-state index contributed by atoms with van der Waals surface area (Å²) >= 11 is 0. The van der Waals surface area contributed by atoms with Crippen LogP contribution in [-0.4, -0.2) is 31.7 Å². The molecule has 2 heterocycles. The average Bonchev–Trinajstić information content (AvgIpc) is 2.32. The highest BCUT2D eigenvalue weighted by atomic mass is 32.2. The molecular weight excluding hydrogens is 234 g/mol. The minimum atomic E-state index is -0.593. The second-order valence-electron chi connectivity index (χ2n) is 4.54. The fourth-order valence-corrected chi connectivity index (χ4v) is 3.54. The Bertz CT molecular complexity index is 400. The van der Waals surface area contributed by atoms with E-state index in [-0.39, 0.29) is 6.04 Å². The summed E-state index contributed by atoms with van der Waals surface area (Å²) in [7, 11) is -0.593. The second kappa shape index (κ2) is 5.69. The van der Waals surface area contributed by atoms with Crippen molar-refractivity contribution in [2.24, 2.45) is 0 Å². The predicted molar refractivity (Wildman–Crippen MR) is 69.2 cm³/mol. The smallest absolute Gasteiger partial charge is 0.0782 e. The first-order valence-electron chi connectivity index (χ1n) is 6.05. The van der Waals surface area contributed by atoms with Gasteiger partial charge in [-0.1, -0.05) is 0 Å². The van der Waals surface area contributed by atoms with Crippen LogP contribution < -0.4 is 5.32 Å². The third-order valence-corrected chi connectivity index (χ3v) is 4.59. The first-order valence-corrected chi connectivity index (χ1v) is 7.54. The van der Waals surface area contributed by atoms with Crippen LogP contribution >= 0.6 is 0 Å². The van der Waals surface area contributed by atoms with Gasteiger partial charge in [0.25, 0.3) is 0 Å². The molecule has 1 aliphatic rings. The first-order chi connectivity index (χ1) is 8.16. The van der Waals surface area contributed by atoms with E-state index in [1.165, 1.54) is 0 Å². The van der Waals surface area contributed by atoms with Gasteiger partial charge in [-0.3, -0.25) is 14.2 Å². The molecule has 0 aliphatic carbocycles. The zero-order valence-electron chi connectivity index (χ0n) is 10.3. The van der Waals surface area contributed by atoms with Gasteiger partial charge in [-0.05, 0) is 26.7 Å². The maximum absolute atomic E-state index is 11.3. The van der Waals surface area contributed by atoms with Crippen LogP contribution in [0.25, 0.3) is 0 Å². The van der Waals surface area contributed by atoms with Gasteiger partial charge in [0.05, 0.1) is 11.4 Å². The van der Waals surface area contributed by atoms with Crippen LogP contribution in [0.15, 0.2) is 12.4 Å². The summed E-state index contributed by atoms with van der Waals surface area (Å²) < 4.78 is 11.3. The molecule has 0 amide bonds. The molecule has 5 heteroatoms. The third-order valence-electron chi connectivity index (χ3n) is 3.20. The summed E-state index contributed by atoms with van der Waals surface area (Å²) in [6.07, 6.45) is 5.44. The van der Waals surface area contributed by atoms with E-state index in [2.05, 4.69) is 22.2 Å². The normalized spacial score (nSPS) is 26.7. The molecule has 0 spiro atoms. The second-order valence-corrected chi connectivity index (χ2v) is 6.23. The Balaban J connectivity index is 1.95. The highest BCUT2D eigenvalue weighted by molar-refractivity contribution is 7.85. The maximum Gasteiger partial charge on any atom is 0.0782 e. The molecule has 1 N–H and O–H groups in total. The van der Waals surface area contributed by atoms with Crippen LogP contribution in [-0.2, 0) is 10.8 Å². The van der Waals surface area contributed by atoms with E-state index < -0.39 is 10.8 Å². The van der Waals surface area contributed by atoms with E-state index in [4.69, 9.17) is 0 Å². The van der Waals surface area contributed by atoms with Crippen molar-refractivity contribution in [2.75, 3.05) is 11.5 Å². The summed E-state index contributed by atoms with van der Waals surface area (Å²) in [5.74, 6) is 1.65. The summed E-state index contributed by atoms with van der Waals surface area (Å²) in [5, 5.41) is 3.56. The predicted octanol–water partition coefficient (Wildman–Crippen LogP) is 1.35. The fourth-order valence-electron chi connectivity index (χ4n) is 2.24. The van der Waals surface area contributed by atoms with Crippen LogP contribution in [0.4, 0.5) is 0 Å².